The summed E-state index contributed by atoms with van der Waals surface area (Å²) in [6, 6.07) is 3.06. The smallest absolute Gasteiger partial charge is 0.223 e. The third-order valence-corrected chi connectivity index (χ3v) is 6.38. The number of carbonyl (C=O) groups is 1. The number of halogens is 1. The Kier molecular flexibility index (Phi) is 6.90. The molecule has 178 valence electrons. The topological polar surface area (TPSA) is 117 Å². The summed E-state index contributed by atoms with van der Waals surface area (Å²) in [6.07, 6.45) is -1.38. The van der Waals surface area contributed by atoms with Gasteiger partial charge in [0, 0.05) is 30.4 Å². The highest BCUT2D eigenvalue weighted by molar-refractivity contribution is 6.33. The molecule has 1 aliphatic heterocycles. The minimum Gasteiger partial charge on any atom is -0.493 e. The largest absolute Gasteiger partial charge is 0.493 e. The van der Waals surface area contributed by atoms with E-state index in [0.29, 0.717) is 5.57 Å². The van der Waals surface area contributed by atoms with Crippen LogP contribution in [0.15, 0.2) is 35.4 Å². The van der Waals surface area contributed by atoms with Crippen molar-refractivity contribution < 1.29 is 34.3 Å². The number of ether oxygens (including phenoxy) is 3. The van der Waals surface area contributed by atoms with Gasteiger partial charge in [0.15, 0.2) is 29.3 Å². The Morgan fingerprint density at radius 3 is 2.74 bits per heavy atom. The number of hydrogen-bond acceptors (Lipinski definition) is 7. The standard InChI is InChI=1S/C25H24ClNO7/c1-32-18-8-10-21-25(31)15(5-9-20(25)29)4-3-14(18)11-12-27-22(30)13-17(28)16-6-7-19(33-2)24(34-21)23(16)26/h5-7,11,17-18,20-21,28-29,31H,9,12-13H2,1-2H3,(H,27,30)/b14-11-/t17-,18-,20-,21-,25+/m1/s1. The molecular formula is C25H24ClNO7. The van der Waals surface area contributed by atoms with Gasteiger partial charge in [-0.1, -0.05) is 53.5 Å². The van der Waals surface area contributed by atoms with E-state index in [9.17, 15) is 20.1 Å². The molecule has 0 saturated carbocycles. The van der Waals surface area contributed by atoms with Crippen LogP contribution in [0.25, 0.3) is 0 Å². The summed E-state index contributed by atoms with van der Waals surface area (Å²) in [5.74, 6) is 11.5. The fourth-order valence-corrected chi connectivity index (χ4v) is 4.39. The Labute approximate surface area is 202 Å². The number of aliphatic hydroxyl groups excluding tert-OH is 2. The normalized spacial score (nSPS) is 31.8. The van der Waals surface area contributed by atoms with Crippen molar-refractivity contribution in [3.8, 4) is 35.2 Å². The molecular weight excluding hydrogens is 462 g/mol. The summed E-state index contributed by atoms with van der Waals surface area (Å²) in [5, 5.41) is 35.7. The summed E-state index contributed by atoms with van der Waals surface area (Å²) in [4.78, 5) is 12.4. The zero-order valence-electron chi connectivity index (χ0n) is 18.6. The van der Waals surface area contributed by atoms with Crippen molar-refractivity contribution in [1.29, 1.82) is 0 Å². The van der Waals surface area contributed by atoms with Crippen molar-refractivity contribution in [3.05, 3.63) is 46.0 Å². The zero-order chi connectivity index (χ0) is 24.5. The monoisotopic (exact) mass is 485 g/mol. The van der Waals surface area contributed by atoms with E-state index in [0.717, 1.165) is 0 Å². The van der Waals surface area contributed by atoms with Crippen LogP contribution in [0.3, 0.4) is 0 Å². The van der Waals surface area contributed by atoms with E-state index < -0.39 is 35.9 Å². The van der Waals surface area contributed by atoms with Crippen molar-refractivity contribution in [2.45, 2.75) is 42.9 Å². The molecule has 1 aromatic carbocycles. The van der Waals surface area contributed by atoms with Gasteiger partial charge >= 0.3 is 0 Å². The number of rotatable bonds is 2. The molecule has 8 nitrogen and oxygen atoms in total. The van der Waals surface area contributed by atoms with Gasteiger partial charge in [-0.05, 0) is 12.5 Å². The van der Waals surface area contributed by atoms with Crippen LogP contribution in [0.1, 0.15) is 24.5 Å². The van der Waals surface area contributed by atoms with Crippen LogP contribution in [0.4, 0.5) is 0 Å². The number of hydrogen-bond donors (Lipinski definition) is 4. The Balaban J connectivity index is 1.96. The molecule has 9 heteroatoms. The molecule has 5 atom stereocenters. The third-order valence-electron chi connectivity index (χ3n) is 6.00. The predicted molar refractivity (Wildman–Crippen MR) is 123 cm³/mol. The van der Waals surface area contributed by atoms with E-state index in [2.05, 4.69) is 29.0 Å². The van der Waals surface area contributed by atoms with Gasteiger partial charge in [-0.25, -0.2) is 0 Å². The first-order chi connectivity index (χ1) is 16.3. The van der Waals surface area contributed by atoms with Crippen molar-refractivity contribution in [2.24, 2.45) is 0 Å². The van der Waals surface area contributed by atoms with Gasteiger partial charge in [0.25, 0.3) is 0 Å². The summed E-state index contributed by atoms with van der Waals surface area (Å²) in [6.45, 7) is 0.116. The lowest BCUT2D eigenvalue weighted by Crippen LogP contribution is -2.53. The minimum absolute atomic E-state index is 0.000824. The fraction of sp³-hybridized carbons (Fsp3) is 0.400. The molecule has 0 aromatic heterocycles. The maximum absolute atomic E-state index is 12.4. The van der Waals surface area contributed by atoms with Gasteiger partial charge in [0.05, 0.1) is 30.8 Å². The lowest BCUT2D eigenvalue weighted by Gasteiger charge is -2.34. The second-order valence-corrected chi connectivity index (χ2v) is 8.41. The molecule has 1 heterocycles. The predicted octanol–water partition coefficient (Wildman–Crippen LogP) is 1.03. The molecule has 4 rings (SSSR count). The van der Waals surface area contributed by atoms with Crippen molar-refractivity contribution in [3.63, 3.8) is 0 Å². The van der Waals surface area contributed by atoms with Gasteiger partial charge in [-0.15, -0.1) is 0 Å². The van der Waals surface area contributed by atoms with E-state index in [-0.39, 0.29) is 47.0 Å². The SMILES string of the molecule is COc1ccc2c(Cl)c1O[C@@H]1C#C[C@@H](OC)/C(=C\CNC(=O)C[C@H]2O)C#CC2=CC[C@@H](O)[C@@]21O. The molecule has 1 amide bonds. The average Bonchev–Trinajstić information content (AvgIpc) is 3.12. The molecule has 0 fully saturated rings. The molecule has 0 spiro atoms. The molecule has 4 bridgehead atoms. The molecule has 0 saturated heterocycles. The summed E-state index contributed by atoms with van der Waals surface area (Å²) < 4.78 is 17.0. The first-order valence-electron chi connectivity index (χ1n) is 10.6. The van der Waals surface area contributed by atoms with Gasteiger partial charge in [0.1, 0.15) is 0 Å². The van der Waals surface area contributed by atoms with E-state index in [1.807, 2.05) is 0 Å². The first-order valence-corrected chi connectivity index (χ1v) is 11.0. The van der Waals surface area contributed by atoms with E-state index in [1.165, 1.54) is 26.4 Å². The van der Waals surface area contributed by atoms with Crippen LogP contribution >= 0.6 is 11.6 Å². The zero-order valence-corrected chi connectivity index (χ0v) is 19.3. The minimum atomic E-state index is -1.96. The Morgan fingerprint density at radius 1 is 1.21 bits per heavy atom. The van der Waals surface area contributed by atoms with Crippen molar-refractivity contribution in [1.82, 2.24) is 5.32 Å². The summed E-state index contributed by atoms with van der Waals surface area (Å²) >= 11 is 6.59. The lowest BCUT2D eigenvalue weighted by atomic mass is 9.87. The highest BCUT2D eigenvalue weighted by atomic mass is 35.5. The highest BCUT2D eigenvalue weighted by Gasteiger charge is 2.51. The number of amides is 1. The number of nitrogens with one attached hydrogen (secondary N) is 1. The molecule has 0 unspecified atom stereocenters. The quantitative estimate of drug-likeness (QED) is 0.462. The molecule has 2 aliphatic carbocycles. The van der Waals surface area contributed by atoms with Crippen LogP contribution in [0, 0.1) is 23.7 Å². The number of aliphatic hydroxyl groups is 3. The van der Waals surface area contributed by atoms with Crippen molar-refractivity contribution >= 4 is 17.5 Å². The Bertz CT molecular complexity index is 1190. The summed E-state index contributed by atoms with van der Waals surface area (Å²) in [7, 11) is 2.87. The van der Waals surface area contributed by atoms with Gasteiger partial charge in [-0.3, -0.25) is 4.79 Å². The molecule has 4 N–H and O–H groups in total. The highest BCUT2D eigenvalue weighted by Crippen LogP contribution is 2.44. The number of methoxy groups -OCH3 is 2. The molecule has 0 radical (unpaired) electrons. The number of carbonyl (C=O) groups excluding carboxylic acids is 1. The van der Waals surface area contributed by atoms with E-state index >= 15 is 0 Å². The maximum atomic E-state index is 12.4. The Hall–Kier alpha value is -2.98. The van der Waals surface area contributed by atoms with E-state index in [4.69, 9.17) is 25.8 Å². The van der Waals surface area contributed by atoms with Gasteiger partial charge in [-0.2, -0.15) is 0 Å². The van der Waals surface area contributed by atoms with Crippen molar-refractivity contribution in [2.75, 3.05) is 20.8 Å². The molecule has 1 aromatic rings. The van der Waals surface area contributed by atoms with Gasteiger partial charge in [0.2, 0.25) is 5.91 Å². The maximum Gasteiger partial charge on any atom is 0.223 e. The molecule has 3 aliphatic rings. The summed E-state index contributed by atoms with van der Waals surface area (Å²) in [5.41, 5.74) is -1.01. The van der Waals surface area contributed by atoms with Crippen LogP contribution in [-0.2, 0) is 9.53 Å². The lowest BCUT2D eigenvalue weighted by molar-refractivity contribution is -0.122. The third kappa shape index (κ3) is 4.27. The Morgan fingerprint density at radius 2 is 2.00 bits per heavy atom. The second-order valence-electron chi connectivity index (χ2n) is 8.03. The van der Waals surface area contributed by atoms with Crippen LogP contribution < -0.4 is 14.8 Å². The van der Waals surface area contributed by atoms with Crippen LogP contribution in [-0.4, -0.2) is 65.9 Å². The van der Waals surface area contributed by atoms with Gasteiger partial charge < -0.3 is 34.8 Å². The van der Waals surface area contributed by atoms with E-state index in [1.54, 1.807) is 12.2 Å². The van der Waals surface area contributed by atoms with Crippen LogP contribution in [0.2, 0.25) is 5.02 Å². The fourth-order valence-electron chi connectivity index (χ4n) is 4.06. The average molecular weight is 486 g/mol. The number of fused-ring (bicyclic) bond motifs is 7. The number of benzene rings is 1. The van der Waals surface area contributed by atoms with Crippen LogP contribution in [0.5, 0.6) is 11.5 Å². The molecule has 34 heavy (non-hydrogen) atoms. The second kappa shape index (κ2) is 9.71. The first kappa shape index (κ1) is 24.2.